The van der Waals surface area contributed by atoms with Crippen molar-refractivity contribution in [1.29, 1.82) is 0 Å². The van der Waals surface area contributed by atoms with Gasteiger partial charge in [0, 0.05) is 32.1 Å². The zero-order chi connectivity index (χ0) is 17.5. The van der Waals surface area contributed by atoms with E-state index in [0.717, 1.165) is 6.54 Å². The van der Waals surface area contributed by atoms with E-state index in [2.05, 4.69) is 5.32 Å². The zero-order valence-corrected chi connectivity index (χ0v) is 14.4. The number of carbonyl (C=O) groups is 2. The topological polar surface area (TPSA) is 52.7 Å². The van der Waals surface area contributed by atoms with E-state index >= 15 is 0 Å². The van der Waals surface area contributed by atoms with Gasteiger partial charge in [0.15, 0.2) is 0 Å². The van der Waals surface area contributed by atoms with Crippen LogP contribution in [0.5, 0.6) is 0 Å². The molecule has 1 aliphatic rings. The Hall–Kier alpha value is -1.95. The number of piperidine rings is 1. The Bertz CT molecular complexity index is 569. The summed E-state index contributed by atoms with van der Waals surface area (Å²) in [7, 11) is 3.93. The number of benzene rings is 1. The predicted molar refractivity (Wildman–Crippen MR) is 91.0 cm³/mol. The quantitative estimate of drug-likeness (QED) is 0.852. The zero-order valence-electron chi connectivity index (χ0n) is 14.4. The van der Waals surface area contributed by atoms with Crippen LogP contribution in [0.3, 0.4) is 0 Å². The van der Waals surface area contributed by atoms with Gasteiger partial charge in [-0.1, -0.05) is 12.1 Å². The van der Waals surface area contributed by atoms with Crippen LogP contribution in [0, 0.1) is 11.7 Å². The fourth-order valence-corrected chi connectivity index (χ4v) is 2.87. The van der Waals surface area contributed by atoms with Crippen LogP contribution in [-0.2, 0) is 16.0 Å². The third-order valence-corrected chi connectivity index (χ3v) is 4.32. The Balaban J connectivity index is 1.75. The summed E-state index contributed by atoms with van der Waals surface area (Å²) in [6, 6.07) is 6.13. The summed E-state index contributed by atoms with van der Waals surface area (Å²) in [5.41, 5.74) is 0.684. The highest BCUT2D eigenvalue weighted by atomic mass is 19.1. The van der Waals surface area contributed by atoms with Crippen molar-refractivity contribution in [1.82, 2.24) is 15.1 Å². The van der Waals surface area contributed by atoms with Crippen molar-refractivity contribution in [2.45, 2.75) is 19.3 Å². The molecule has 2 rings (SSSR count). The summed E-state index contributed by atoms with van der Waals surface area (Å²) in [4.78, 5) is 28.2. The second kappa shape index (κ2) is 8.78. The molecule has 1 fully saturated rings. The second-order valence-electron chi connectivity index (χ2n) is 6.56. The first-order valence-electron chi connectivity index (χ1n) is 8.40. The van der Waals surface area contributed by atoms with Crippen LogP contribution in [0.2, 0.25) is 0 Å². The van der Waals surface area contributed by atoms with E-state index < -0.39 is 0 Å². The molecular weight excluding hydrogens is 309 g/mol. The van der Waals surface area contributed by atoms with Gasteiger partial charge in [-0.25, -0.2) is 4.39 Å². The Morgan fingerprint density at radius 1 is 1.29 bits per heavy atom. The molecule has 0 aliphatic carbocycles. The van der Waals surface area contributed by atoms with E-state index in [-0.39, 0.29) is 30.0 Å². The van der Waals surface area contributed by atoms with Crippen molar-refractivity contribution >= 4 is 11.8 Å². The SMILES string of the molecule is CN(C)CCNC(=O)C1CCN(C(=O)Cc2cccc(F)c2)CC1. The minimum atomic E-state index is -0.326. The van der Waals surface area contributed by atoms with Crippen molar-refractivity contribution in [3.05, 3.63) is 35.6 Å². The number of hydrogen-bond acceptors (Lipinski definition) is 3. The molecule has 1 aromatic carbocycles. The standard InChI is InChI=1S/C18H26FN3O2/c1-21(2)11-8-20-18(24)15-6-9-22(10-7-15)17(23)13-14-4-3-5-16(19)12-14/h3-5,12,15H,6-11,13H2,1-2H3,(H,20,24). The number of likely N-dealkylation sites (tertiary alicyclic amines) is 1. The molecule has 0 bridgehead atoms. The van der Waals surface area contributed by atoms with E-state index in [1.807, 2.05) is 19.0 Å². The highest BCUT2D eigenvalue weighted by molar-refractivity contribution is 5.81. The van der Waals surface area contributed by atoms with Gasteiger partial charge in [-0.05, 0) is 44.6 Å². The molecule has 0 radical (unpaired) electrons. The van der Waals surface area contributed by atoms with Gasteiger partial charge in [0.25, 0.3) is 0 Å². The molecule has 1 N–H and O–H groups in total. The highest BCUT2D eigenvalue weighted by Gasteiger charge is 2.27. The van der Waals surface area contributed by atoms with Gasteiger partial charge in [0.2, 0.25) is 11.8 Å². The van der Waals surface area contributed by atoms with Gasteiger partial charge in [-0.15, -0.1) is 0 Å². The summed E-state index contributed by atoms with van der Waals surface area (Å²) < 4.78 is 13.2. The van der Waals surface area contributed by atoms with Crippen LogP contribution < -0.4 is 5.32 Å². The molecule has 1 heterocycles. The van der Waals surface area contributed by atoms with E-state index in [4.69, 9.17) is 0 Å². The molecule has 0 atom stereocenters. The number of amides is 2. The van der Waals surface area contributed by atoms with Gasteiger partial charge in [0.05, 0.1) is 6.42 Å². The van der Waals surface area contributed by atoms with Gasteiger partial charge < -0.3 is 15.1 Å². The van der Waals surface area contributed by atoms with Crippen LogP contribution in [-0.4, -0.2) is 61.9 Å². The first-order chi connectivity index (χ1) is 11.5. The molecule has 6 heteroatoms. The van der Waals surface area contributed by atoms with Crippen LogP contribution in [0.15, 0.2) is 24.3 Å². The smallest absolute Gasteiger partial charge is 0.226 e. The molecule has 5 nitrogen and oxygen atoms in total. The van der Waals surface area contributed by atoms with E-state index in [1.165, 1.54) is 12.1 Å². The number of rotatable bonds is 6. The fourth-order valence-electron chi connectivity index (χ4n) is 2.87. The molecule has 0 spiro atoms. The Morgan fingerprint density at radius 2 is 2.00 bits per heavy atom. The van der Waals surface area contributed by atoms with Crippen molar-refractivity contribution in [3.8, 4) is 0 Å². The molecule has 0 unspecified atom stereocenters. The summed E-state index contributed by atoms with van der Waals surface area (Å²) in [5, 5.41) is 2.95. The van der Waals surface area contributed by atoms with E-state index in [1.54, 1.807) is 17.0 Å². The number of likely N-dealkylation sites (N-methyl/N-ethyl adjacent to an activating group) is 1. The number of hydrogen-bond donors (Lipinski definition) is 1. The lowest BCUT2D eigenvalue weighted by atomic mass is 9.95. The summed E-state index contributed by atoms with van der Waals surface area (Å²) >= 11 is 0. The Morgan fingerprint density at radius 3 is 2.62 bits per heavy atom. The average Bonchev–Trinajstić information content (AvgIpc) is 2.54. The maximum Gasteiger partial charge on any atom is 0.226 e. The first-order valence-corrected chi connectivity index (χ1v) is 8.40. The lowest BCUT2D eigenvalue weighted by Crippen LogP contribution is -2.44. The summed E-state index contributed by atoms with van der Waals surface area (Å²) in [5.74, 6) is -0.278. The second-order valence-corrected chi connectivity index (χ2v) is 6.56. The molecule has 1 aromatic rings. The largest absolute Gasteiger partial charge is 0.355 e. The number of nitrogens with one attached hydrogen (secondary N) is 1. The van der Waals surface area contributed by atoms with Crippen molar-refractivity contribution in [3.63, 3.8) is 0 Å². The third-order valence-electron chi connectivity index (χ3n) is 4.32. The predicted octanol–water partition coefficient (Wildman–Crippen LogP) is 1.28. The van der Waals surface area contributed by atoms with Crippen molar-refractivity contribution in [2.75, 3.05) is 40.3 Å². The Labute approximate surface area is 142 Å². The maximum absolute atomic E-state index is 13.2. The van der Waals surface area contributed by atoms with Gasteiger partial charge in [-0.2, -0.15) is 0 Å². The van der Waals surface area contributed by atoms with Crippen LogP contribution in [0.4, 0.5) is 4.39 Å². The van der Waals surface area contributed by atoms with Gasteiger partial charge in [0.1, 0.15) is 5.82 Å². The average molecular weight is 335 g/mol. The van der Waals surface area contributed by atoms with Crippen molar-refractivity contribution < 1.29 is 14.0 Å². The number of nitrogens with zero attached hydrogens (tertiary/aromatic N) is 2. The van der Waals surface area contributed by atoms with Crippen LogP contribution >= 0.6 is 0 Å². The van der Waals surface area contributed by atoms with Gasteiger partial charge >= 0.3 is 0 Å². The number of carbonyl (C=O) groups excluding carboxylic acids is 2. The molecule has 0 aromatic heterocycles. The molecule has 1 aliphatic heterocycles. The lowest BCUT2D eigenvalue weighted by Gasteiger charge is -2.31. The van der Waals surface area contributed by atoms with E-state index in [9.17, 15) is 14.0 Å². The monoisotopic (exact) mass is 335 g/mol. The summed E-state index contributed by atoms with van der Waals surface area (Å²) in [6.45, 7) is 2.63. The molecule has 2 amide bonds. The molecule has 24 heavy (non-hydrogen) atoms. The molecule has 0 saturated carbocycles. The minimum absolute atomic E-state index is 0.00735. The normalized spacial score (nSPS) is 15.6. The molecular formula is C18H26FN3O2. The summed E-state index contributed by atoms with van der Waals surface area (Å²) in [6.07, 6.45) is 1.57. The number of halogens is 1. The van der Waals surface area contributed by atoms with Crippen LogP contribution in [0.1, 0.15) is 18.4 Å². The van der Waals surface area contributed by atoms with Crippen LogP contribution in [0.25, 0.3) is 0 Å². The van der Waals surface area contributed by atoms with Gasteiger partial charge in [-0.3, -0.25) is 9.59 Å². The Kier molecular flexibility index (Phi) is 6.73. The fraction of sp³-hybridized carbons (Fsp3) is 0.556. The minimum Gasteiger partial charge on any atom is -0.355 e. The first kappa shape index (κ1) is 18.4. The highest BCUT2D eigenvalue weighted by Crippen LogP contribution is 2.18. The maximum atomic E-state index is 13.2. The third kappa shape index (κ3) is 5.60. The molecule has 1 saturated heterocycles. The van der Waals surface area contributed by atoms with E-state index in [0.29, 0.717) is 38.0 Å². The molecule has 132 valence electrons. The lowest BCUT2D eigenvalue weighted by molar-refractivity contribution is -0.135. The van der Waals surface area contributed by atoms with Crippen molar-refractivity contribution in [2.24, 2.45) is 5.92 Å².